The highest BCUT2D eigenvalue weighted by molar-refractivity contribution is 6.08. The number of aryl methyl sites for hydroxylation is 1. The van der Waals surface area contributed by atoms with Crippen LogP contribution in [0.15, 0.2) is 24.3 Å². The minimum Gasteiger partial charge on any atom is -0.349 e. The number of rotatable bonds is 2. The highest BCUT2D eigenvalue weighted by Crippen LogP contribution is 2.33. The van der Waals surface area contributed by atoms with Crippen LogP contribution < -0.4 is 5.32 Å². The lowest BCUT2D eigenvalue weighted by Gasteiger charge is -2.47. The third-order valence-electron chi connectivity index (χ3n) is 6.30. The Morgan fingerprint density at radius 3 is 2.50 bits per heavy atom. The largest absolute Gasteiger partial charge is 0.349 e. The topological polar surface area (TPSA) is 37.3 Å². The van der Waals surface area contributed by atoms with E-state index in [4.69, 9.17) is 0 Å². The molecule has 1 N–H and O–H groups in total. The number of hydrogen-bond donors (Lipinski definition) is 1. The van der Waals surface area contributed by atoms with Gasteiger partial charge in [-0.05, 0) is 45.7 Å². The lowest BCUT2D eigenvalue weighted by atomic mass is 9.82. The smallest absolute Gasteiger partial charge is 0.253 e. The Kier molecular flexibility index (Phi) is 3.87. The maximum Gasteiger partial charge on any atom is 0.253 e. The van der Waals surface area contributed by atoms with Crippen LogP contribution in [-0.4, -0.2) is 40.5 Å². The van der Waals surface area contributed by atoms with E-state index in [9.17, 15) is 4.79 Å². The van der Waals surface area contributed by atoms with E-state index in [2.05, 4.69) is 34.0 Å². The number of nitrogens with one attached hydrogen (secondary N) is 1. The Morgan fingerprint density at radius 2 is 1.79 bits per heavy atom. The Balaban J connectivity index is 1.58. The first-order valence-electron chi connectivity index (χ1n) is 9.13. The van der Waals surface area contributed by atoms with Gasteiger partial charge in [0.2, 0.25) is 0 Å². The molecule has 1 aromatic heterocycles. The molecule has 2 bridgehead atoms. The minimum absolute atomic E-state index is 0.0944. The first-order chi connectivity index (χ1) is 11.6. The number of carbonyl (C=O) groups is 1. The number of aromatic nitrogens is 1. The third-order valence-corrected chi connectivity index (χ3v) is 6.30. The summed E-state index contributed by atoms with van der Waals surface area (Å²) in [5.74, 6) is 0.0944. The van der Waals surface area contributed by atoms with Gasteiger partial charge in [-0.2, -0.15) is 0 Å². The number of amides is 1. The highest BCUT2D eigenvalue weighted by Gasteiger charge is 2.36. The minimum atomic E-state index is 0.0944. The van der Waals surface area contributed by atoms with Crippen LogP contribution in [0.5, 0.6) is 0 Å². The van der Waals surface area contributed by atoms with Gasteiger partial charge in [0.1, 0.15) is 0 Å². The molecule has 24 heavy (non-hydrogen) atoms. The van der Waals surface area contributed by atoms with E-state index in [0.29, 0.717) is 18.1 Å². The fraction of sp³-hybridized carbons (Fsp3) is 0.550. The average Bonchev–Trinajstić information content (AvgIpc) is 2.80. The lowest BCUT2D eigenvalue weighted by Crippen LogP contribution is -2.55. The summed E-state index contributed by atoms with van der Waals surface area (Å²) in [6, 6.07) is 9.76. The third kappa shape index (κ3) is 2.44. The molecule has 0 spiro atoms. The van der Waals surface area contributed by atoms with E-state index in [0.717, 1.165) is 35.0 Å². The first-order valence-corrected chi connectivity index (χ1v) is 9.13. The summed E-state index contributed by atoms with van der Waals surface area (Å²) >= 11 is 0. The molecule has 1 aromatic carbocycles. The average molecular weight is 325 g/mol. The van der Waals surface area contributed by atoms with Crippen molar-refractivity contribution in [2.24, 2.45) is 7.05 Å². The van der Waals surface area contributed by atoms with Crippen molar-refractivity contribution in [2.45, 2.75) is 57.2 Å². The van der Waals surface area contributed by atoms with E-state index >= 15 is 0 Å². The molecule has 4 nitrogen and oxygen atoms in total. The molecule has 128 valence electrons. The number of fused-ring (bicyclic) bond motifs is 3. The van der Waals surface area contributed by atoms with Crippen molar-refractivity contribution in [3.8, 4) is 0 Å². The Labute approximate surface area is 143 Å². The van der Waals surface area contributed by atoms with Crippen LogP contribution in [0.1, 0.15) is 48.2 Å². The molecule has 1 amide bonds. The number of nitrogens with zero attached hydrogens (tertiary/aromatic N) is 2. The fourth-order valence-electron chi connectivity index (χ4n) is 4.80. The fourth-order valence-corrected chi connectivity index (χ4v) is 4.80. The molecule has 0 radical (unpaired) electrons. The zero-order valence-corrected chi connectivity index (χ0v) is 14.9. The van der Waals surface area contributed by atoms with Crippen LogP contribution in [0.3, 0.4) is 0 Å². The van der Waals surface area contributed by atoms with Gasteiger partial charge in [0.15, 0.2) is 0 Å². The maximum atomic E-state index is 13.0. The van der Waals surface area contributed by atoms with Gasteiger partial charge in [-0.1, -0.05) is 24.6 Å². The molecular weight excluding hydrogens is 298 g/mol. The zero-order chi connectivity index (χ0) is 16.8. The quantitative estimate of drug-likeness (QED) is 0.920. The second-order valence-corrected chi connectivity index (χ2v) is 7.58. The molecule has 0 saturated carbocycles. The van der Waals surface area contributed by atoms with Crippen LogP contribution in [0.2, 0.25) is 0 Å². The van der Waals surface area contributed by atoms with Gasteiger partial charge >= 0.3 is 0 Å². The van der Waals surface area contributed by atoms with Crippen LogP contribution in [0.4, 0.5) is 0 Å². The predicted molar refractivity (Wildman–Crippen MR) is 97.3 cm³/mol. The van der Waals surface area contributed by atoms with Crippen molar-refractivity contribution in [3.05, 3.63) is 35.5 Å². The normalized spacial score (nSPS) is 27.4. The van der Waals surface area contributed by atoms with Crippen molar-refractivity contribution in [1.82, 2.24) is 14.8 Å². The lowest BCUT2D eigenvalue weighted by molar-refractivity contribution is 0.0463. The van der Waals surface area contributed by atoms with Gasteiger partial charge < -0.3 is 14.8 Å². The van der Waals surface area contributed by atoms with E-state index in [-0.39, 0.29) is 5.91 Å². The molecule has 3 heterocycles. The van der Waals surface area contributed by atoms with Crippen LogP contribution in [-0.2, 0) is 7.05 Å². The summed E-state index contributed by atoms with van der Waals surface area (Å²) < 4.78 is 2.12. The first kappa shape index (κ1) is 15.7. The summed E-state index contributed by atoms with van der Waals surface area (Å²) in [6.07, 6.45) is 6.05. The monoisotopic (exact) mass is 325 g/mol. The molecule has 4 heteroatoms. The predicted octanol–water partition coefficient (Wildman–Crippen LogP) is 3.23. The van der Waals surface area contributed by atoms with Crippen molar-refractivity contribution >= 4 is 16.8 Å². The summed E-state index contributed by atoms with van der Waals surface area (Å²) in [6.45, 7) is 2.04. The zero-order valence-electron chi connectivity index (χ0n) is 14.9. The summed E-state index contributed by atoms with van der Waals surface area (Å²) in [5.41, 5.74) is 3.01. The molecule has 2 aliphatic rings. The van der Waals surface area contributed by atoms with Gasteiger partial charge in [0.05, 0.1) is 5.56 Å². The second kappa shape index (κ2) is 5.92. The van der Waals surface area contributed by atoms with Crippen molar-refractivity contribution < 1.29 is 4.79 Å². The van der Waals surface area contributed by atoms with Gasteiger partial charge in [-0.15, -0.1) is 0 Å². The van der Waals surface area contributed by atoms with Gasteiger partial charge in [0.25, 0.3) is 5.91 Å². The summed E-state index contributed by atoms with van der Waals surface area (Å²) in [4.78, 5) is 15.6. The molecule has 2 saturated heterocycles. The molecule has 2 aliphatic heterocycles. The molecule has 0 unspecified atom stereocenters. The van der Waals surface area contributed by atoms with E-state index in [1.165, 1.54) is 19.3 Å². The molecular formula is C20H27N3O. The number of carbonyl (C=O) groups excluding carboxylic acids is 1. The molecule has 2 aromatic rings. The molecule has 0 aliphatic carbocycles. The summed E-state index contributed by atoms with van der Waals surface area (Å²) in [5, 5.41) is 4.41. The van der Waals surface area contributed by atoms with Crippen LogP contribution in [0.25, 0.3) is 10.9 Å². The van der Waals surface area contributed by atoms with Gasteiger partial charge in [0, 0.05) is 41.8 Å². The maximum absolute atomic E-state index is 13.0. The van der Waals surface area contributed by atoms with E-state index < -0.39 is 0 Å². The second-order valence-electron chi connectivity index (χ2n) is 7.58. The van der Waals surface area contributed by atoms with E-state index in [1.54, 1.807) is 0 Å². The van der Waals surface area contributed by atoms with Crippen molar-refractivity contribution in [3.63, 3.8) is 0 Å². The Morgan fingerprint density at radius 1 is 1.12 bits per heavy atom. The van der Waals surface area contributed by atoms with Gasteiger partial charge in [-0.3, -0.25) is 4.79 Å². The van der Waals surface area contributed by atoms with Gasteiger partial charge in [-0.25, -0.2) is 0 Å². The van der Waals surface area contributed by atoms with Crippen molar-refractivity contribution in [2.75, 3.05) is 7.05 Å². The molecule has 2 fully saturated rings. The standard InChI is InChI=1S/C20H27N3O/c1-13-19(17-9-4-5-10-18(17)22(13)2)20(24)21-14-11-15-7-6-8-16(12-14)23(15)3/h4-5,9-10,14-16H,6-8,11-12H2,1-3H3,(H,21,24)/t14-,15-,16+. The molecule has 4 rings (SSSR count). The Hall–Kier alpha value is -1.81. The van der Waals surface area contributed by atoms with Crippen LogP contribution in [0, 0.1) is 6.92 Å². The van der Waals surface area contributed by atoms with E-state index in [1.807, 2.05) is 26.1 Å². The van der Waals surface area contributed by atoms with Crippen molar-refractivity contribution in [1.29, 1.82) is 0 Å². The van der Waals surface area contributed by atoms with Crippen LogP contribution >= 0.6 is 0 Å². The number of benzene rings is 1. The number of para-hydroxylation sites is 1. The number of piperidine rings is 2. The highest BCUT2D eigenvalue weighted by atomic mass is 16.1. The SMILES string of the molecule is Cc1c(C(=O)N[C@@H]2C[C@H]3CCC[C@@H](C2)N3C)c2ccccc2n1C. The number of hydrogen-bond acceptors (Lipinski definition) is 2. The summed E-state index contributed by atoms with van der Waals surface area (Å²) in [7, 11) is 4.29. The Bertz CT molecular complexity index is 765. The molecule has 3 atom stereocenters.